The number of aromatic nitrogens is 6. The molecule has 2 fully saturated rings. The summed E-state index contributed by atoms with van der Waals surface area (Å²) in [6, 6.07) is 0.396. The molecule has 2 atom stereocenters. The molecule has 0 saturated heterocycles. The fraction of sp³-hybridized carbons (Fsp3) is 0.765. The van der Waals surface area contributed by atoms with Crippen LogP contribution in [-0.2, 0) is 13.0 Å². The summed E-state index contributed by atoms with van der Waals surface area (Å²) in [4.78, 5) is 9.49. The van der Waals surface area contributed by atoms with Gasteiger partial charge in [0.1, 0.15) is 17.5 Å². The molecule has 0 aliphatic heterocycles. The van der Waals surface area contributed by atoms with Crippen LogP contribution in [0.2, 0.25) is 0 Å². The van der Waals surface area contributed by atoms with Crippen LogP contribution in [0.1, 0.15) is 81.2 Å². The second kappa shape index (κ2) is 5.42. The molecule has 0 aromatic carbocycles. The maximum Gasteiger partial charge on any atom is 0.151 e. The fourth-order valence-corrected chi connectivity index (χ4v) is 3.47. The molecule has 2 heterocycles. The summed E-state index contributed by atoms with van der Waals surface area (Å²) in [5, 5.41) is 9.26. The van der Waals surface area contributed by atoms with Crippen LogP contribution in [-0.4, -0.2) is 29.5 Å². The Balaban J connectivity index is 1.48. The van der Waals surface area contributed by atoms with Crippen molar-refractivity contribution in [2.45, 2.75) is 77.8 Å². The van der Waals surface area contributed by atoms with Crippen LogP contribution in [0.25, 0.3) is 0 Å². The van der Waals surface area contributed by atoms with Gasteiger partial charge in [0.2, 0.25) is 0 Å². The van der Waals surface area contributed by atoms with Gasteiger partial charge in [0.05, 0.1) is 0 Å². The molecule has 6 nitrogen and oxygen atoms in total. The van der Waals surface area contributed by atoms with E-state index < -0.39 is 0 Å². The molecule has 2 saturated carbocycles. The molecule has 2 aliphatic rings. The summed E-state index contributed by atoms with van der Waals surface area (Å²) >= 11 is 0. The van der Waals surface area contributed by atoms with E-state index in [0.717, 1.165) is 30.4 Å². The highest BCUT2D eigenvalue weighted by Crippen LogP contribution is 2.48. The first-order valence-electron chi connectivity index (χ1n) is 8.93. The van der Waals surface area contributed by atoms with E-state index >= 15 is 0 Å². The van der Waals surface area contributed by atoms with Crippen LogP contribution < -0.4 is 0 Å². The summed E-state index contributed by atoms with van der Waals surface area (Å²) in [5.41, 5.74) is 0. The van der Waals surface area contributed by atoms with Crippen molar-refractivity contribution in [1.29, 1.82) is 0 Å². The lowest BCUT2D eigenvalue weighted by Crippen LogP contribution is -2.07. The van der Waals surface area contributed by atoms with Gasteiger partial charge in [-0.1, -0.05) is 0 Å². The highest BCUT2D eigenvalue weighted by molar-refractivity contribution is 5.15. The predicted octanol–water partition coefficient (Wildman–Crippen LogP) is 3.00. The standard InChI is InChI=1S/C17H26N6/c1-5-22-17(18-11(4)20-22)14-8-13(14)9-15-19-16(12-6-7-12)23(21-15)10(2)3/h10,12-14H,5-9H2,1-4H3. The monoisotopic (exact) mass is 314 g/mol. The van der Waals surface area contributed by atoms with Gasteiger partial charge in [0.15, 0.2) is 5.82 Å². The van der Waals surface area contributed by atoms with E-state index in [1.54, 1.807) is 0 Å². The molecular weight excluding hydrogens is 288 g/mol. The van der Waals surface area contributed by atoms with Crippen LogP contribution >= 0.6 is 0 Å². The van der Waals surface area contributed by atoms with Gasteiger partial charge < -0.3 is 0 Å². The Morgan fingerprint density at radius 3 is 2.57 bits per heavy atom. The molecule has 2 aromatic rings. The molecule has 124 valence electrons. The highest BCUT2D eigenvalue weighted by Gasteiger charge is 2.43. The van der Waals surface area contributed by atoms with E-state index in [9.17, 15) is 0 Å². The molecule has 23 heavy (non-hydrogen) atoms. The Morgan fingerprint density at radius 1 is 1.13 bits per heavy atom. The third-order valence-corrected chi connectivity index (χ3v) is 4.94. The molecule has 2 unspecified atom stereocenters. The minimum absolute atomic E-state index is 0.396. The smallest absolute Gasteiger partial charge is 0.151 e. The Hall–Kier alpha value is -1.72. The van der Waals surface area contributed by atoms with Crippen LogP contribution in [0.4, 0.5) is 0 Å². The van der Waals surface area contributed by atoms with E-state index in [1.807, 2.05) is 6.92 Å². The lowest BCUT2D eigenvalue weighted by molar-refractivity contribution is 0.501. The normalized spacial score (nSPS) is 23.7. The van der Waals surface area contributed by atoms with Gasteiger partial charge in [-0.2, -0.15) is 10.2 Å². The first kappa shape index (κ1) is 14.8. The molecule has 6 heteroatoms. The predicted molar refractivity (Wildman–Crippen MR) is 87.4 cm³/mol. The van der Waals surface area contributed by atoms with Crippen LogP contribution in [0.3, 0.4) is 0 Å². The maximum atomic E-state index is 4.86. The third kappa shape index (κ3) is 2.79. The molecule has 0 amide bonds. The second-order valence-corrected chi connectivity index (χ2v) is 7.34. The molecular formula is C17H26N6. The lowest BCUT2D eigenvalue weighted by atomic mass is 10.2. The van der Waals surface area contributed by atoms with E-state index in [4.69, 9.17) is 10.1 Å². The van der Waals surface area contributed by atoms with Crippen LogP contribution in [0.15, 0.2) is 0 Å². The average Bonchev–Trinajstić information content (AvgIpc) is 3.41. The molecule has 0 spiro atoms. The van der Waals surface area contributed by atoms with E-state index in [1.165, 1.54) is 25.1 Å². The molecule has 0 bridgehead atoms. The zero-order valence-electron chi connectivity index (χ0n) is 14.5. The minimum atomic E-state index is 0.396. The average molecular weight is 314 g/mol. The summed E-state index contributed by atoms with van der Waals surface area (Å²) < 4.78 is 4.19. The summed E-state index contributed by atoms with van der Waals surface area (Å²) in [7, 11) is 0. The molecule has 4 rings (SSSR count). The molecule has 2 aliphatic carbocycles. The van der Waals surface area contributed by atoms with Crippen molar-refractivity contribution in [2.75, 3.05) is 0 Å². The summed E-state index contributed by atoms with van der Waals surface area (Å²) in [6.07, 6.45) is 4.71. The van der Waals surface area contributed by atoms with E-state index in [0.29, 0.717) is 23.8 Å². The summed E-state index contributed by atoms with van der Waals surface area (Å²) in [6.45, 7) is 9.38. The zero-order chi connectivity index (χ0) is 16.1. The second-order valence-electron chi connectivity index (χ2n) is 7.34. The number of hydrogen-bond donors (Lipinski definition) is 0. The van der Waals surface area contributed by atoms with Gasteiger partial charge in [-0.3, -0.25) is 0 Å². The van der Waals surface area contributed by atoms with Gasteiger partial charge >= 0.3 is 0 Å². The Labute approximate surface area is 137 Å². The number of hydrogen-bond acceptors (Lipinski definition) is 4. The lowest BCUT2D eigenvalue weighted by Gasteiger charge is -2.07. The molecule has 0 N–H and O–H groups in total. The number of rotatable bonds is 6. The van der Waals surface area contributed by atoms with Gasteiger partial charge in [-0.25, -0.2) is 19.3 Å². The topological polar surface area (TPSA) is 61.4 Å². The number of aryl methyl sites for hydroxylation is 2. The van der Waals surface area contributed by atoms with E-state index in [2.05, 4.69) is 40.2 Å². The van der Waals surface area contributed by atoms with Crippen LogP contribution in [0, 0.1) is 12.8 Å². The largest absolute Gasteiger partial charge is 0.250 e. The van der Waals surface area contributed by atoms with Crippen molar-refractivity contribution in [3.63, 3.8) is 0 Å². The Morgan fingerprint density at radius 2 is 1.91 bits per heavy atom. The Bertz CT molecular complexity index is 689. The third-order valence-electron chi connectivity index (χ3n) is 4.94. The quantitative estimate of drug-likeness (QED) is 0.822. The summed E-state index contributed by atoms with van der Waals surface area (Å²) in [5.74, 6) is 6.07. The number of nitrogens with zero attached hydrogens (tertiary/aromatic N) is 6. The van der Waals surface area contributed by atoms with Gasteiger partial charge in [0, 0.05) is 30.8 Å². The van der Waals surface area contributed by atoms with E-state index in [-0.39, 0.29) is 0 Å². The van der Waals surface area contributed by atoms with Crippen molar-refractivity contribution in [1.82, 2.24) is 29.5 Å². The van der Waals surface area contributed by atoms with Crippen LogP contribution in [0.5, 0.6) is 0 Å². The van der Waals surface area contributed by atoms with Crippen molar-refractivity contribution >= 4 is 0 Å². The fourth-order valence-electron chi connectivity index (χ4n) is 3.47. The van der Waals surface area contributed by atoms with Crippen molar-refractivity contribution in [3.8, 4) is 0 Å². The maximum absolute atomic E-state index is 4.86. The van der Waals surface area contributed by atoms with Gasteiger partial charge in [0.25, 0.3) is 0 Å². The minimum Gasteiger partial charge on any atom is -0.250 e. The SMILES string of the molecule is CCn1nc(C)nc1C1CC1Cc1nc(C2CC2)n(C(C)C)n1. The van der Waals surface area contributed by atoms with Gasteiger partial charge in [-0.05, 0) is 52.9 Å². The van der Waals surface area contributed by atoms with Gasteiger partial charge in [-0.15, -0.1) is 0 Å². The molecule has 0 radical (unpaired) electrons. The molecule has 2 aromatic heterocycles. The first-order chi connectivity index (χ1) is 11.1. The van der Waals surface area contributed by atoms with Crippen molar-refractivity contribution in [2.24, 2.45) is 5.92 Å². The highest BCUT2D eigenvalue weighted by atomic mass is 15.4. The first-order valence-corrected chi connectivity index (χ1v) is 8.93. The van der Waals surface area contributed by atoms with Crippen molar-refractivity contribution in [3.05, 3.63) is 23.3 Å². The zero-order valence-corrected chi connectivity index (χ0v) is 14.5. The van der Waals surface area contributed by atoms with Crippen molar-refractivity contribution < 1.29 is 0 Å². The Kier molecular flexibility index (Phi) is 3.50.